The van der Waals surface area contributed by atoms with E-state index in [0.717, 1.165) is 12.1 Å². The summed E-state index contributed by atoms with van der Waals surface area (Å²) in [7, 11) is 0. The number of hydrogen-bond acceptors (Lipinski definition) is 3. The van der Waals surface area contributed by atoms with E-state index in [-0.39, 0.29) is 17.7 Å². The second kappa shape index (κ2) is 8.00. The van der Waals surface area contributed by atoms with Crippen LogP contribution in [0.5, 0.6) is 5.75 Å². The summed E-state index contributed by atoms with van der Waals surface area (Å²) in [6.45, 7) is 7.71. The van der Waals surface area contributed by atoms with Crippen LogP contribution in [0.25, 0.3) is 0 Å². The highest BCUT2D eigenvalue weighted by Gasteiger charge is 2.12. The van der Waals surface area contributed by atoms with Crippen LogP contribution in [0.4, 0.5) is 0 Å². The van der Waals surface area contributed by atoms with Crippen LogP contribution in [-0.2, 0) is 11.3 Å². The maximum atomic E-state index is 11.8. The largest absolute Gasteiger partial charge is 0.506 e. The number of nitrogens with one attached hydrogen (secondary N) is 1. The van der Waals surface area contributed by atoms with E-state index in [0.29, 0.717) is 22.0 Å². The molecule has 0 heterocycles. The van der Waals surface area contributed by atoms with Crippen molar-refractivity contribution < 1.29 is 9.90 Å². The number of benzene rings is 1. The number of likely N-dealkylation sites (N-methyl/N-ethyl adjacent to an activating group) is 1. The molecule has 0 saturated heterocycles. The molecule has 112 valence electrons. The van der Waals surface area contributed by atoms with E-state index in [1.807, 2.05) is 37.8 Å². The number of aromatic hydroxyl groups is 1. The van der Waals surface area contributed by atoms with Gasteiger partial charge in [-0.1, -0.05) is 6.92 Å². The van der Waals surface area contributed by atoms with Gasteiger partial charge in [0.1, 0.15) is 5.75 Å². The highest BCUT2D eigenvalue weighted by Crippen LogP contribution is 2.33. The second-order valence-corrected chi connectivity index (χ2v) is 6.64. The minimum absolute atomic E-state index is 0.0266. The standard InChI is InChI=1S/C14H20Br2N2O2/c1-4-18(8-13(19)17-9(2)3)7-10-5-11(15)14(20)12(16)6-10/h5-6,9,20H,4,7-8H2,1-3H3,(H,17,19). The molecular weight excluding hydrogens is 388 g/mol. The summed E-state index contributed by atoms with van der Waals surface area (Å²) in [5, 5.41) is 12.6. The third-order valence-electron chi connectivity index (χ3n) is 2.75. The molecule has 0 aliphatic carbocycles. The average Bonchev–Trinajstić information content (AvgIpc) is 2.33. The molecule has 1 amide bonds. The first-order valence-electron chi connectivity index (χ1n) is 6.52. The van der Waals surface area contributed by atoms with Crippen molar-refractivity contribution >= 4 is 37.8 Å². The van der Waals surface area contributed by atoms with Gasteiger partial charge in [-0.15, -0.1) is 0 Å². The first kappa shape index (κ1) is 17.5. The Morgan fingerprint density at radius 2 is 1.90 bits per heavy atom. The van der Waals surface area contributed by atoms with E-state index >= 15 is 0 Å². The Labute approximate surface area is 136 Å². The quantitative estimate of drug-likeness (QED) is 0.760. The van der Waals surface area contributed by atoms with Crippen molar-refractivity contribution in [1.29, 1.82) is 0 Å². The third kappa shape index (κ3) is 5.42. The van der Waals surface area contributed by atoms with E-state index in [1.54, 1.807) is 0 Å². The highest BCUT2D eigenvalue weighted by atomic mass is 79.9. The number of phenols is 1. The van der Waals surface area contributed by atoms with Gasteiger partial charge < -0.3 is 10.4 Å². The maximum Gasteiger partial charge on any atom is 0.234 e. The van der Waals surface area contributed by atoms with Gasteiger partial charge in [-0.05, 0) is 69.9 Å². The molecule has 0 saturated carbocycles. The molecule has 1 aromatic rings. The summed E-state index contributed by atoms with van der Waals surface area (Å²) >= 11 is 6.63. The number of halogens is 2. The Balaban J connectivity index is 2.71. The number of phenolic OH excluding ortho intramolecular Hbond substituents is 1. The number of amides is 1. The van der Waals surface area contributed by atoms with Crippen molar-refractivity contribution in [3.05, 3.63) is 26.6 Å². The summed E-state index contributed by atoms with van der Waals surface area (Å²) in [6.07, 6.45) is 0. The van der Waals surface area contributed by atoms with E-state index < -0.39 is 0 Å². The fourth-order valence-electron chi connectivity index (χ4n) is 1.82. The summed E-state index contributed by atoms with van der Waals surface area (Å²) in [5.74, 6) is 0.216. The smallest absolute Gasteiger partial charge is 0.234 e. The van der Waals surface area contributed by atoms with Crippen LogP contribution in [0.2, 0.25) is 0 Å². The normalized spacial score (nSPS) is 11.2. The van der Waals surface area contributed by atoms with Gasteiger partial charge >= 0.3 is 0 Å². The third-order valence-corrected chi connectivity index (χ3v) is 3.96. The Morgan fingerprint density at radius 1 is 1.35 bits per heavy atom. The highest BCUT2D eigenvalue weighted by molar-refractivity contribution is 9.11. The molecule has 6 heteroatoms. The zero-order valence-corrected chi connectivity index (χ0v) is 15.1. The lowest BCUT2D eigenvalue weighted by molar-refractivity contribution is -0.122. The Bertz CT molecular complexity index is 455. The number of rotatable bonds is 6. The Kier molecular flexibility index (Phi) is 6.99. The average molecular weight is 408 g/mol. The molecule has 0 aromatic heterocycles. The summed E-state index contributed by atoms with van der Waals surface area (Å²) in [5.41, 5.74) is 1.03. The van der Waals surface area contributed by atoms with Crippen molar-refractivity contribution in [2.24, 2.45) is 0 Å². The summed E-state index contributed by atoms with van der Waals surface area (Å²) in [6, 6.07) is 3.88. The molecule has 0 radical (unpaired) electrons. The van der Waals surface area contributed by atoms with Gasteiger partial charge in [-0.3, -0.25) is 9.69 Å². The molecule has 0 unspecified atom stereocenters. The van der Waals surface area contributed by atoms with Crippen LogP contribution in [-0.4, -0.2) is 35.0 Å². The van der Waals surface area contributed by atoms with Crippen LogP contribution >= 0.6 is 31.9 Å². The molecular formula is C14H20Br2N2O2. The van der Waals surface area contributed by atoms with Crippen LogP contribution in [0.3, 0.4) is 0 Å². The second-order valence-electron chi connectivity index (χ2n) is 4.93. The van der Waals surface area contributed by atoms with Gasteiger partial charge in [0.05, 0.1) is 15.5 Å². The van der Waals surface area contributed by atoms with Crippen LogP contribution < -0.4 is 5.32 Å². The van der Waals surface area contributed by atoms with Crippen LogP contribution in [0.1, 0.15) is 26.3 Å². The number of carbonyl (C=O) groups is 1. The molecule has 4 nitrogen and oxygen atoms in total. The van der Waals surface area contributed by atoms with Gasteiger partial charge in [-0.25, -0.2) is 0 Å². The van der Waals surface area contributed by atoms with Crippen LogP contribution in [0.15, 0.2) is 21.1 Å². The molecule has 0 atom stereocenters. The molecule has 0 bridgehead atoms. The van der Waals surface area contributed by atoms with Crippen molar-refractivity contribution in [3.63, 3.8) is 0 Å². The first-order chi connectivity index (χ1) is 9.33. The first-order valence-corrected chi connectivity index (χ1v) is 8.10. The van der Waals surface area contributed by atoms with E-state index in [2.05, 4.69) is 37.2 Å². The maximum absolute atomic E-state index is 11.8. The van der Waals surface area contributed by atoms with Gasteiger partial charge in [-0.2, -0.15) is 0 Å². The van der Waals surface area contributed by atoms with Gasteiger partial charge in [0.25, 0.3) is 0 Å². The minimum atomic E-state index is 0.0266. The summed E-state index contributed by atoms with van der Waals surface area (Å²) in [4.78, 5) is 13.8. The van der Waals surface area contributed by atoms with Crippen LogP contribution in [0, 0.1) is 0 Å². The fourth-order valence-corrected chi connectivity index (χ4v) is 3.10. The number of nitrogens with zero attached hydrogens (tertiary/aromatic N) is 1. The molecule has 0 spiro atoms. The van der Waals surface area contributed by atoms with E-state index in [4.69, 9.17) is 0 Å². The number of carbonyl (C=O) groups excluding carboxylic acids is 1. The molecule has 1 rings (SSSR count). The van der Waals surface area contributed by atoms with Gasteiger partial charge in [0, 0.05) is 12.6 Å². The summed E-state index contributed by atoms with van der Waals surface area (Å²) < 4.78 is 1.29. The Hall–Kier alpha value is -0.590. The van der Waals surface area contributed by atoms with Gasteiger partial charge in [0.15, 0.2) is 0 Å². The molecule has 20 heavy (non-hydrogen) atoms. The molecule has 2 N–H and O–H groups in total. The SMILES string of the molecule is CCN(CC(=O)NC(C)C)Cc1cc(Br)c(O)c(Br)c1. The van der Waals surface area contributed by atoms with E-state index in [9.17, 15) is 9.90 Å². The zero-order valence-electron chi connectivity index (χ0n) is 11.9. The monoisotopic (exact) mass is 406 g/mol. The predicted molar refractivity (Wildman–Crippen MR) is 87.7 cm³/mol. The number of hydrogen-bond donors (Lipinski definition) is 2. The van der Waals surface area contributed by atoms with E-state index in [1.165, 1.54) is 0 Å². The molecule has 0 aliphatic heterocycles. The zero-order chi connectivity index (χ0) is 15.3. The predicted octanol–water partition coefficient (Wildman–Crippen LogP) is 3.26. The molecule has 1 aromatic carbocycles. The van der Waals surface area contributed by atoms with Crippen molar-refractivity contribution in [1.82, 2.24) is 10.2 Å². The minimum Gasteiger partial charge on any atom is -0.506 e. The van der Waals surface area contributed by atoms with Crippen molar-refractivity contribution in [2.75, 3.05) is 13.1 Å². The van der Waals surface area contributed by atoms with Gasteiger partial charge in [0.2, 0.25) is 5.91 Å². The lowest BCUT2D eigenvalue weighted by atomic mass is 10.2. The van der Waals surface area contributed by atoms with Crippen molar-refractivity contribution in [2.45, 2.75) is 33.4 Å². The Morgan fingerprint density at radius 3 is 2.35 bits per heavy atom. The fraction of sp³-hybridized carbons (Fsp3) is 0.500. The lowest BCUT2D eigenvalue weighted by Gasteiger charge is -2.21. The topological polar surface area (TPSA) is 52.6 Å². The lowest BCUT2D eigenvalue weighted by Crippen LogP contribution is -2.39. The molecule has 0 fully saturated rings. The van der Waals surface area contributed by atoms with Crippen molar-refractivity contribution in [3.8, 4) is 5.75 Å². The molecule has 0 aliphatic rings.